The highest BCUT2D eigenvalue weighted by Crippen LogP contribution is 2.26. The summed E-state index contributed by atoms with van der Waals surface area (Å²) in [6, 6.07) is 1.66. The van der Waals surface area contributed by atoms with Gasteiger partial charge < -0.3 is 14.8 Å². The summed E-state index contributed by atoms with van der Waals surface area (Å²) in [7, 11) is 3.16. The molecule has 0 radical (unpaired) electrons. The molecule has 0 saturated heterocycles. The van der Waals surface area contributed by atoms with E-state index in [0.29, 0.717) is 17.7 Å². The van der Waals surface area contributed by atoms with Crippen molar-refractivity contribution in [1.29, 1.82) is 0 Å². The average Bonchev–Trinajstić information content (AvgIpc) is 2.26. The van der Waals surface area contributed by atoms with Gasteiger partial charge in [-0.3, -0.25) is 0 Å². The molecule has 1 aromatic rings. The molecule has 1 aromatic heterocycles. The van der Waals surface area contributed by atoms with Gasteiger partial charge in [0.25, 0.3) is 0 Å². The molecule has 16 heavy (non-hydrogen) atoms. The predicted molar refractivity (Wildman–Crippen MR) is 61.0 cm³/mol. The second-order valence-electron chi connectivity index (χ2n) is 3.95. The normalized spacial score (nSPS) is 15.4. The summed E-state index contributed by atoms with van der Waals surface area (Å²) in [5.74, 6) is 2.37. The number of hydrogen-bond donors (Lipinski definition) is 1. The number of rotatable bonds is 5. The fourth-order valence-electron chi connectivity index (χ4n) is 1.62. The third-order valence-electron chi connectivity index (χ3n) is 2.87. The molecule has 1 aliphatic rings. The summed E-state index contributed by atoms with van der Waals surface area (Å²) >= 11 is 0. The van der Waals surface area contributed by atoms with Gasteiger partial charge in [-0.05, 0) is 18.8 Å². The quantitative estimate of drug-likeness (QED) is 0.823. The lowest BCUT2D eigenvalue weighted by Gasteiger charge is -2.25. The maximum Gasteiger partial charge on any atom is 0.229 e. The third kappa shape index (κ3) is 2.53. The van der Waals surface area contributed by atoms with Crippen LogP contribution in [-0.4, -0.2) is 30.7 Å². The predicted octanol–water partition coefficient (Wildman–Crippen LogP) is 1.71. The van der Waals surface area contributed by atoms with Crippen molar-refractivity contribution in [3.63, 3.8) is 0 Å². The van der Waals surface area contributed by atoms with E-state index >= 15 is 0 Å². The molecular formula is C11H17N3O2. The second-order valence-corrected chi connectivity index (χ2v) is 3.95. The zero-order chi connectivity index (χ0) is 11.4. The van der Waals surface area contributed by atoms with Gasteiger partial charge in [-0.15, -0.1) is 0 Å². The van der Waals surface area contributed by atoms with Crippen LogP contribution in [0.4, 0.5) is 5.95 Å². The summed E-state index contributed by atoms with van der Waals surface area (Å²) < 4.78 is 10.1. The van der Waals surface area contributed by atoms with Crippen molar-refractivity contribution in [3.8, 4) is 11.8 Å². The van der Waals surface area contributed by atoms with Crippen molar-refractivity contribution < 1.29 is 9.47 Å². The maximum atomic E-state index is 5.07. The third-order valence-corrected chi connectivity index (χ3v) is 2.87. The molecule has 88 valence electrons. The molecule has 1 heterocycles. The highest BCUT2D eigenvalue weighted by atomic mass is 16.5. The Hall–Kier alpha value is -1.52. The Morgan fingerprint density at radius 3 is 2.31 bits per heavy atom. The number of aromatic nitrogens is 2. The van der Waals surface area contributed by atoms with E-state index in [0.717, 1.165) is 12.5 Å². The standard InChI is InChI=1S/C11H17N3O2/c1-15-9-6-10(16-2)14-11(13-9)12-7-8-4-3-5-8/h6,8H,3-5,7H2,1-2H3,(H,12,13,14). The zero-order valence-corrected chi connectivity index (χ0v) is 9.69. The first-order valence-electron chi connectivity index (χ1n) is 5.52. The summed E-state index contributed by atoms with van der Waals surface area (Å²) in [6.07, 6.45) is 3.94. The van der Waals surface area contributed by atoms with Crippen molar-refractivity contribution in [2.45, 2.75) is 19.3 Å². The largest absolute Gasteiger partial charge is 0.481 e. The van der Waals surface area contributed by atoms with E-state index in [1.165, 1.54) is 19.3 Å². The number of ether oxygens (including phenoxy) is 2. The SMILES string of the molecule is COc1cc(OC)nc(NCC2CCC2)n1. The highest BCUT2D eigenvalue weighted by molar-refractivity contribution is 5.33. The average molecular weight is 223 g/mol. The Labute approximate surface area is 95.2 Å². The molecule has 0 aromatic carbocycles. The van der Waals surface area contributed by atoms with Crippen LogP contribution >= 0.6 is 0 Å². The van der Waals surface area contributed by atoms with Gasteiger partial charge in [-0.25, -0.2) is 0 Å². The van der Waals surface area contributed by atoms with Gasteiger partial charge >= 0.3 is 0 Å². The molecular weight excluding hydrogens is 206 g/mol. The smallest absolute Gasteiger partial charge is 0.229 e. The minimum atomic E-state index is 0.517. The van der Waals surface area contributed by atoms with E-state index in [2.05, 4.69) is 15.3 Å². The Morgan fingerprint density at radius 1 is 1.25 bits per heavy atom. The van der Waals surface area contributed by atoms with Crippen LogP contribution in [0.3, 0.4) is 0 Å². The Bertz CT molecular complexity index is 331. The summed E-state index contributed by atoms with van der Waals surface area (Å²) in [5.41, 5.74) is 0. The Kier molecular flexibility index (Phi) is 3.44. The number of hydrogen-bond acceptors (Lipinski definition) is 5. The topological polar surface area (TPSA) is 56.3 Å². The highest BCUT2D eigenvalue weighted by Gasteiger charge is 2.17. The Morgan fingerprint density at radius 2 is 1.88 bits per heavy atom. The lowest BCUT2D eigenvalue weighted by atomic mass is 9.85. The van der Waals surface area contributed by atoms with Crippen LogP contribution in [0.15, 0.2) is 6.07 Å². The first kappa shape index (κ1) is 11.0. The fourth-order valence-corrected chi connectivity index (χ4v) is 1.62. The monoisotopic (exact) mass is 223 g/mol. The van der Waals surface area contributed by atoms with Crippen molar-refractivity contribution >= 4 is 5.95 Å². The molecule has 0 atom stereocenters. The summed E-state index contributed by atoms with van der Waals surface area (Å²) in [4.78, 5) is 8.41. The first-order chi connectivity index (χ1) is 7.81. The van der Waals surface area contributed by atoms with Crippen molar-refractivity contribution in [3.05, 3.63) is 6.07 Å². The van der Waals surface area contributed by atoms with E-state index < -0.39 is 0 Å². The van der Waals surface area contributed by atoms with Crippen LogP contribution in [0.2, 0.25) is 0 Å². The fraction of sp³-hybridized carbons (Fsp3) is 0.636. The molecule has 5 nitrogen and oxygen atoms in total. The van der Waals surface area contributed by atoms with Crippen LogP contribution in [0.5, 0.6) is 11.8 Å². The molecule has 1 fully saturated rings. The lowest BCUT2D eigenvalue weighted by Crippen LogP contribution is -2.21. The molecule has 0 bridgehead atoms. The van der Waals surface area contributed by atoms with E-state index in [-0.39, 0.29) is 0 Å². The van der Waals surface area contributed by atoms with Crippen molar-refractivity contribution in [2.75, 3.05) is 26.1 Å². The van der Waals surface area contributed by atoms with Gasteiger partial charge in [0, 0.05) is 6.54 Å². The van der Waals surface area contributed by atoms with E-state index in [9.17, 15) is 0 Å². The van der Waals surface area contributed by atoms with Crippen molar-refractivity contribution in [1.82, 2.24) is 9.97 Å². The minimum absolute atomic E-state index is 0.517. The number of nitrogens with zero attached hydrogens (tertiary/aromatic N) is 2. The maximum absolute atomic E-state index is 5.07. The van der Waals surface area contributed by atoms with Gasteiger partial charge in [0.2, 0.25) is 17.7 Å². The van der Waals surface area contributed by atoms with Crippen LogP contribution in [-0.2, 0) is 0 Å². The van der Waals surface area contributed by atoms with E-state index in [4.69, 9.17) is 9.47 Å². The van der Waals surface area contributed by atoms with Gasteiger partial charge in [0.15, 0.2) is 0 Å². The lowest BCUT2D eigenvalue weighted by molar-refractivity contribution is 0.332. The van der Waals surface area contributed by atoms with Gasteiger partial charge in [-0.1, -0.05) is 6.42 Å². The molecule has 1 N–H and O–H groups in total. The molecule has 2 rings (SSSR count). The number of anilines is 1. The molecule has 0 unspecified atom stereocenters. The molecule has 1 aliphatic carbocycles. The van der Waals surface area contributed by atoms with E-state index in [1.807, 2.05) is 0 Å². The van der Waals surface area contributed by atoms with Crippen molar-refractivity contribution in [2.24, 2.45) is 5.92 Å². The molecule has 5 heteroatoms. The van der Waals surface area contributed by atoms with Gasteiger partial charge in [-0.2, -0.15) is 9.97 Å². The summed E-state index contributed by atoms with van der Waals surface area (Å²) in [6.45, 7) is 0.927. The van der Waals surface area contributed by atoms with Crippen LogP contribution in [0.1, 0.15) is 19.3 Å². The van der Waals surface area contributed by atoms with Crippen LogP contribution in [0, 0.1) is 5.92 Å². The minimum Gasteiger partial charge on any atom is -0.481 e. The first-order valence-corrected chi connectivity index (χ1v) is 5.52. The van der Waals surface area contributed by atoms with Gasteiger partial charge in [0.1, 0.15) is 0 Å². The molecule has 1 saturated carbocycles. The molecule has 0 amide bonds. The summed E-state index contributed by atoms with van der Waals surface area (Å²) in [5, 5.41) is 3.21. The second kappa shape index (κ2) is 5.01. The molecule has 0 aliphatic heterocycles. The number of methoxy groups -OCH3 is 2. The Balaban J connectivity index is 2.00. The number of nitrogens with one attached hydrogen (secondary N) is 1. The zero-order valence-electron chi connectivity index (χ0n) is 9.69. The molecule has 0 spiro atoms. The van der Waals surface area contributed by atoms with Crippen LogP contribution in [0.25, 0.3) is 0 Å². The van der Waals surface area contributed by atoms with Gasteiger partial charge in [0.05, 0.1) is 20.3 Å². The van der Waals surface area contributed by atoms with Crippen LogP contribution < -0.4 is 14.8 Å². The van der Waals surface area contributed by atoms with E-state index in [1.54, 1.807) is 20.3 Å².